The van der Waals surface area contributed by atoms with Crippen LogP contribution in [-0.2, 0) is 11.3 Å². The normalized spacial score (nSPS) is 10.0. The molecule has 5 heteroatoms. The number of likely N-dealkylation sites (N-methyl/N-ethyl adjacent to an activating group) is 2. The summed E-state index contributed by atoms with van der Waals surface area (Å²) in [5.41, 5.74) is 6.37. The topological polar surface area (TPSA) is 58.4 Å². The third-order valence-electron chi connectivity index (χ3n) is 2.27. The van der Waals surface area contributed by atoms with Crippen LogP contribution in [0.3, 0.4) is 0 Å². The van der Waals surface area contributed by atoms with Gasteiger partial charge in [-0.1, -0.05) is 11.8 Å². The van der Waals surface area contributed by atoms with Crippen LogP contribution in [0.5, 0.6) is 0 Å². The second-order valence-corrected chi connectivity index (χ2v) is 4.89. The lowest BCUT2D eigenvalue weighted by molar-refractivity contribution is -0.121. The molecule has 3 N–H and O–H groups in total. The Hall–Kier alpha value is -1.35. The molecule has 1 aromatic rings. The number of rotatable bonds is 5. The maximum absolute atomic E-state index is 11.4. The summed E-state index contributed by atoms with van der Waals surface area (Å²) in [7, 11) is 1.93. The van der Waals surface area contributed by atoms with Crippen molar-refractivity contribution in [3.05, 3.63) is 21.9 Å². The largest absolute Gasteiger partial charge is 0.355 e. The Kier molecular flexibility index (Phi) is 6.44. The minimum Gasteiger partial charge on any atom is -0.355 e. The first-order valence-corrected chi connectivity index (χ1v) is 6.75. The monoisotopic (exact) mass is 265 g/mol. The van der Waals surface area contributed by atoms with Crippen molar-refractivity contribution in [3.8, 4) is 11.8 Å². The molecule has 0 spiro atoms. The standard InChI is InChI=1S/C13H19N3OS/c1-3-15-13(17)10-16(2)9-12-11(5-4-7-14)6-8-18-12/h6,8H,3,7,9-10,14H2,1-2H3,(H,15,17). The summed E-state index contributed by atoms with van der Waals surface area (Å²) >= 11 is 1.65. The number of amides is 1. The molecule has 0 aliphatic heterocycles. The van der Waals surface area contributed by atoms with Crippen LogP contribution in [0.25, 0.3) is 0 Å². The molecule has 0 atom stereocenters. The van der Waals surface area contributed by atoms with Crippen LogP contribution >= 0.6 is 11.3 Å². The molecule has 0 aliphatic carbocycles. The van der Waals surface area contributed by atoms with Gasteiger partial charge in [0.05, 0.1) is 13.1 Å². The molecule has 18 heavy (non-hydrogen) atoms. The molecule has 0 unspecified atom stereocenters. The molecule has 98 valence electrons. The number of thiophene rings is 1. The number of nitrogens with two attached hydrogens (primary N) is 1. The molecule has 0 saturated heterocycles. The highest BCUT2D eigenvalue weighted by Crippen LogP contribution is 2.17. The van der Waals surface area contributed by atoms with Gasteiger partial charge in [-0.25, -0.2) is 0 Å². The van der Waals surface area contributed by atoms with Crippen molar-refractivity contribution in [2.45, 2.75) is 13.5 Å². The van der Waals surface area contributed by atoms with E-state index in [9.17, 15) is 4.79 Å². The molecule has 0 radical (unpaired) electrons. The van der Waals surface area contributed by atoms with E-state index in [-0.39, 0.29) is 5.91 Å². The van der Waals surface area contributed by atoms with Crippen LogP contribution in [0.4, 0.5) is 0 Å². The van der Waals surface area contributed by atoms with Crippen LogP contribution in [0.2, 0.25) is 0 Å². The zero-order chi connectivity index (χ0) is 13.4. The fourth-order valence-electron chi connectivity index (χ4n) is 1.52. The summed E-state index contributed by atoms with van der Waals surface area (Å²) in [5.74, 6) is 5.94. The number of carbonyl (C=O) groups excluding carboxylic acids is 1. The van der Waals surface area contributed by atoms with Gasteiger partial charge in [-0.2, -0.15) is 0 Å². The summed E-state index contributed by atoms with van der Waals surface area (Å²) in [6.07, 6.45) is 0. The molecule has 0 bridgehead atoms. The average Bonchev–Trinajstić information content (AvgIpc) is 2.73. The van der Waals surface area contributed by atoms with Crippen LogP contribution in [0.1, 0.15) is 17.4 Å². The zero-order valence-corrected chi connectivity index (χ0v) is 11.6. The van der Waals surface area contributed by atoms with Gasteiger partial charge in [0.25, 0.3) is 0 Å². The Balaban J connectivity index is 2.56. The van der Waals surface area contributed by atoms with E-state index in [1.54, 1.807) is 11.3 Å². The summed E-state index contributed by atoms with van der Waals surface area (Å²) < 4.78 is 0. The van der Waals surface area contributed by atoms with E-state index < -0.39 is 0 Å². The minimum atomic E-state index is 0.0474. The number of carbonyl (C=O) groups is 1. The molecule has 1 rings (SSSR count). The molecule has 0 aliphatic rings. The molecule has 4 nitrogen and oxygen atoms in total. The van der Waals surface area contributed by atoms with Crippen LogP contribution < -0.4 is 11.1 Å². The highest BCUT2D eigenvalue weighted by Gasteiger charge is 2.09. The second kappa shape index (κ2) is 7.88. The molecule has 1 heterocycles. The van der Waals surface area contributed by atoms with Crippen LogP contribution in [0.15, 0.2) is 11.4 Å². The van der Waals surface area contributed by atoms with E-state index >= 15 is 0 Å². The maximum Gasteiger partial charge on any atom is 0.234 e. The highest BCUT2D eigenvalue weighted by molar-refractivity contribution is 7.10. The van der Waals surface area contributed by atoms with E-state index in [0.29, 0.717) is 19.6 Å². The lowest BCUT2D eigenvalue weighted by Gasteiger charge is -2.15. The average molecular weight is 265 g/mol. The fourth-order valence-corrected chi connectivity index (χ4v) is 2.43. The van der Waals surface area contributed by atoms with Gasteiger partial charge in [-0.3, -0.25) is 9.69 Å². The first kappa shape index (κ1) is 14.7. The van der Waals surface area contributed by atoms with Gasteiger partial charge >= 0.3 is 0 Å². The molecule has 0 fully saturated rings. The van der Waals surface area contributed by atoms with E-state index in [2.05, 4.69) is 17.2 Å². The highest BCUT2D eigenvalue weighted by atomic mass is 32.1. The molecular formula is C13H19N3OS. The van der Waals surface area contributed by atoms with Gasteiger partial charge in [-0.05, 0) is 25.4 Å². The third-order valence-corrected chi connectivity index (χ3v) is 3.18. The minimum absolute atomic E-state index is 0.0474. The van der Waals surface area contributed by atoms with Crippen molar-refractivity contribution >= 4 is 17.2 Å². The first-order valence-electron chi connectivity index (χ1n) is 5.88. The Morgan fingerprint density at radius 3 is 3.06 bits per heavy atom. The van der Waals surface area contributed by atoms with E-state index in [1.165, 1.54) is 4.88 Å². The van der Waals surface area contributed by atoms with Crippen LogP contribution in [0, 0.1) is 11.8 Å². The molecule has 1 amide bonds. The Morgan fingerprint density at radius 2 is 2.39 bits per heavy atom. The predicted octanol–water partition coefficient (Wildman–Crippen LogP) is 0.626. The van der Waals surface area contributed by atoms with Gasteiger partial charge in [0.2, 0.25) is 5.91 Å². The number of nitrogens with one attached hydrogen (secondary N) is 1. The third kappa shape index (κ3) is 4.88. The van der Waals surface area contributed by atoms with Crippen molar-refractivity contribution in [1.29, 1.82) is 0 Å². The van der Waals surface area contributed by atoms with Crippen molar-refractivity contribution in [3.63, 3.8) is 0 Å². The van der Waals surface area contributed by atoms with Crippen molar-refractivity contribution < 1.29 is 4.79 Å². The van der Waals surface area contributed by atoms with Gasteiger partial charge in [0.1, 0.15) is 0 Å². The SMILES string of the molecule is CCNC(=O)CN(C)Cc1sccc1C#CCN. The van der Waals surface area contributed by atoms with E-state index in [1.807, 2.05) is 30.3 Å². The lowest BCUT2D eigenvalue weighted by Crippen LogP contribution is -2.34. The van der Waals surface area contributed by atoms with Crippen molar-refractivity contribution in [2.75, 3.05) is 26.7 Å². The zero-order valence-electron chi connectivity index (χ0n) is 10.8. The summed E-state index contributed by atoms with van der Waals surface area (Å²) in [4.78, 5) is 14.6. The molecule has 0 saturated carbocycles. The Morgan fingerprint density at radius 1 is 1.61 bits per heavy atom. The predicted molar refractivity (Wildman–Crippen MR) is 75.3 cm³/mol. The summed E-state index contributed by atoms with van der Waals surface area (Å²) in [6, 6.07) is 1.99. The number of nitrogens with zero attached hydrogens (tertiary/aromatic N) is 1. The molecule has 0 aromatic carbocycles. The quantitative estimate of drug-likeness (QED) is 0.768. The number of hydrogen-bond donors (Lipinski definition) is 2. The second-order valence-electron chi connectivity index (χ2n) is 3.89. The summed E-state index contributed by atoms with van der Waals surface area (Å²) in [6.45, 7) is 4.07. The van der Waals surface area contributed by atoms with Gasteiger partial charge < -0.3 is 11.1 Å². The fraction of sp³-hybridized carbons (Fsp3) is 0.462. The molecule has 1 aromatic heterocycles. The Bertz CT molecular complexity index is 445. The van der Waals surface area contributed by atoms with Crippen LogP contribution in [-0.4, -0.2) is 37.5 Å². The van der Waals surface area contributed by atoms with Gasteiger partial charge in [-0.15, -0.1) is 11.3 Å². The first-order chi connectivity index (χ1) is 8.67. The summed E-state index contributed by atoms with van der Waals surface area (Å²) in [5, 5.41) is 4.79. The van der Waals surface area contributed by atoms with Gasteiger partial charge in [0.15, 0.2) is 0 Å². The lowest BCUT2D eigenvalue weighted by atomic mass is 10.2. The number of hydrogen-bond acceptors (Lipinski definition) is 4. The smallest absolute Gasteiger partial charge is 0.234 e. The Labute approximate surface area is 112 Å². The van der Waals surface area contributed by atoms with E-state index in [4.69, 9.17) is 5.73 Å². The van der Waals surface area contributed by atoms with Crippen molar-refractivity contribution in [2.24, 2.45) is 5.73 Å². The van der Waals surface area contributed by atoms with E-state index in [0.717, 1.165) is 12.1 Å². The maximum atomic E-state index is 11.4. The van der Waals surface area contributed by atoms with Crippen molar-refractivity contribution in [1.82, 2.24) is 10.2 Å². The molecular weight excluding hydrogens is 246 g/mol. The van der Waals surface area contributed by atoms with Gasteiger partial charge in [0, 0.05) is 23.5 Å².